The Morgan fingerprint density at radius 3 is 1.77 bits per heavy atom. The molecule has 0 radical (unpaired) electrons. The SMILES string of the molecule is CC(C)(C)OC(=O)CCC(C(=O)OC(C)(C)C)C(OC(C)(C)C)(P=O)c1ccccc1. The lowest BCUT2D eigenvalue weighted by Crippen LogP contribution is -2.45. The lowest BCUT2D eigenvalue weighted by atomic mass is 9.89. The molecule has 0 saturated heterocycles. The Hall–Kier alpha value is -1.78. The second-order valence-electron chi connectivity index (χ2n) is 10.6. The minimum Gasteiger partial charge on any atom is -0.460 e. The molecule has 2 unspecified atom stereocenters. The third kappa shape index (κ3) is 9.08. The molecule has 0 bridgehead atoms. The molecule has 0 saturated carbocycles. The van der Waals surface area contributed by atoms with Crippen LogP contribution in [-0.2, 0) is 33.7 Å². The molecule has 1 aromatic carbocycles. The van der Waals surface area contributed by atoms with Gasteiger partial charge >= 0.3 is 11.9 Å². The first-order valence-corrected chi connectivity index (χ1v) is 11.4. The van der Waals surface area contributed by atoms with Gasteiger partial charge in [-0.25, -0.2) is 0 Å². The summed E-state index contributed by atoms with van der Waals surface area (Å²) in [5.74, 6) is -2.02. The van der Waals surface area contributed by atoms with Crippen molar-refractivity contribution in [2.45, 2.75) is 97.3 Å². The maximum atomic E-state index is 13.3. The van der Waals surface area contributed by atoms with Crippen molar-refractivity contribution >= 4 is 20.4 Å². The van der Waals surface area contributed by atoms with Crippen molar-refractivity contribution in [2.75, 3.05) is 0 Å². The third-order valence-electron chi connectivity index (χ3n) is 4.01. The molecule has 0 spiro atoms. The first-order chi connectivity index (χ1) is 14.0. The van der Waals surface area contributed by atoms with Crippen LogP contribution >= 0.6 is 8.46 Å². The molecule has 2 atom stereocenters. The second kappa shape index (κ2) is 10.2. The molecule has 0 amide bonds. The average Bonchev–Trinajstić information content (AvgIpc) is 2.57. The zero-order chi connectivity index (χ0) is 24.1. The van der Waals surface area contributed by atoms with E-state index in [9.17, 15) is 14.2 Å². The van der Waals surface area contributed by atoms with Crippen molar-refractivity contribution in [3.05, 3.63) is 35.9 Å². The monoisotopic (exact) mass is 452 g/mol. The Balaban J connectivity index is 3.47. The minimum atomic E-state index is -1.52. The molecule has 6 nitrogen and oxygen atoms in total. The molecular weight excluding hydrogens is 415 g/mol. The smallest absolute Gasteiger partial charge is 0.313 e. The number of carbonyl (C=O) groups excluding carboxylic acids is 2. The van der Waals surface area contributed by atoms with Gasteiger partial charge in [0.15, 0.2) is 13.8 Å². The summed E-state index contributed by atoms with van der Waals surface area (Å²) in [6, 6.07) is 8.95. The molecule has 7 heteroatoms. The van der Waals surface area contributed by atoms with Crippen molar-refractivity contribution in [2.24, 2.45) is 5.92 Å². The van der Waals surface area contributed by atoms with Crippen LogP contribution in [0.1, 0.15) is 80.7 Å². The molecule has 1 rings (SSSR count). The predicted octanol–water partition coefficient (Wildman–Crippen LogP) is 6.03. The van der Waals surface area contributed by atoms with E-state index in [0.29, 0.717) is 5.56 Å². The van der Waals surface area contributed by atoms with Crippen LogP contribution in [0.3, 0.4) is 0 Å². The fourth-order valence-corrected chi connectivity index (χ4v) is 4.04. The Morgan fingerprint density at radius 2 is 1.35 bits per heavy atom. The molecule has 0 aliphatic heterocycles. The van der Waals surface area contributed by atoms with Gasteiger partial charge in [-0.15, -0.1) is 0 Å². The second-order valence-corrected chi connectivity index (χ2v) is 11.4. The van der Waals surface area contributed by atoms with Gasteiger partial charge in [-0.05, 0) is 74.3 Å². The number of esters is 2. The van der Waals surface area contributed by atoms with E-state index < -0.39 is 48.5 Å². The third-order valence-corrected chi connectivity index (χ3v) is 4.94. The molecule has 0 aromatic heterocycles. The van der Waals surface area contributed by atoms with Gasteiger partial charge in [-0.1, -0.05) is 30.3 Å². The van der Waals surface area contributed by atoms with Crippen molar-refractivity contribution in [3.8, 4) is 0 Å². The maximum absolute atomic E-state index is 13.3. The average molecular weight is 453 g/mol. The Kier molecular flexibility index (Phi) is 8.99. The van der Waals surface area contributed by atoms with Crippen molar-refractivity contribution < 1.29 is 28.4 Å². The van der Waals surface area contributed by atoms with E-state index in [1.807, 2.05) is 26.8 Å². The Bertz CT molecular complexity index is 755. The predicted molar refractivity (Wildman–Crippen MR) is 121 cm³/mol. The van der Waals surface area contributed by atoms with Gasteiger partial charge in [0, 0.05) is 6.42 Å². The van der Waals surface area contributed by atoms with E-state index in [-0.39, 0.29) is 12.8 Å². The molecule has 0 fully saturated rings. The highest BCUT2D eigenvalue weighted by atomic mass is 31.1. The quantitative estimate of drug-likeness (QED) is 0.354. The van der Waals surface area contributed by atoms with Gasteiger partial charge in [0.05, 0.1) is 5.60 Å². The van der Waals surface area contributed by atoms with E-state index in [1.54, 1.807) is 65.8 Å². The Morgan fingerprint density at radius 1 is 0.839 bits per heavy atom. The molecule has 0 aliphatic carbocycles. The summed E-state index contributed by atoms with van der Waals surface area (Å²) in [6.45, 7) is 16.1. The number of ether oxygens (including phenoxy) is 3. The van der Waals surface area contributed by atoms with E-state index in [1.165, 1.54) is 0 Å². The van der Waals surface area contributed by atoms with Crippen LogP contribution in [0.4, 0.5) is 0 Å². The maximum Gasteiger partial charge on any atom is 0.313 e. The molecular formula is C24H37O6P. The molecule has 0 heterocycles. The molecule has 1 aromatic rings. The van der Waals surface area contributed by atoms with Crippen molar-refractivity contribution in [1.82, 2.24) is 0 Å². The normalized spacial score (nSPS) is 15.8. The van der Waals surface area contributed by atoms with Gasteiger partial charge in [0.25, 0.3) is 0 Å². The van der Waals surface area contributed by atoms with Gasteiger partial charge in [0.2, 0.25) is 0 Å². The summed E-state index contributed by atoms with van der Waals surface area (Å²) in [5.41, 5.74) is -1.56. The number of benzene rings is 1. The van der Waals surface area contributed by atoms with Gasteiger partial charge < -0.3 is 14.2 Å². The van der Waals surface area contributed by atoms with Crippen LogP contribution in [0, 0.1) is 5.92 Å². The number of hydrogen-bond acceptors (Lipinski definition) is 6. The fraction of sp³-hybridized carbons (Fsp3) is 0.667. The molecule has 31 heavy (non-hydrogen) atoms. The summed E-state index contributed by atoms with van der Waals surface area (Å²) in [6.07, 6.45) is 0.0167. The summed E-state index contributed by atoms with van der Waals surface area (Å²) >= 11 is 0. The highest BCUT2D eigenvalue weighted by Gasteiger charge is 2.51. The highest BCUT2D eigenvalue weighted by molar-refractivity contribution is 7.25. The first-order valence-electron chi connectivity index (χ1n) is 10.5. The van der Waals surface area contributed by atoms with Crippen LogP contribution in [0.2, 0.25) is 0 Å². The van der Waals surface area contributed by atoms with Gasteiger partial charge in [-0.3, -0.25) is 14.2 Å². The van der Waals surface area contributed by atoms with Crippen LogP contribution in [0.15, 0.2) is 30.3 Å². The molecule has 0 N–H and O–H groups in total. The van der Waals surface area contributed by atoms with E-state index in [2.05, 4.69) is 0 Å². The van der Waals surface area contributed by atoms with Gasteiger partial charge in [-0.2, -0.15) is 0 Å². The minimum absolute atomic E-state index is 0.0429. The van der Waals surface area contributed by atoms with Crippen LogP contribution in [-0.4, -0.2) is 28.7 Å². The summed E-state index contributed by atoms with van der Waals surface area (Å²) in [4.78, 5) is 25.7. The molecule has 0 aliphatic rings. The van der Waals surface area contributed by atoms with Gasteiger partial charge in [0.1, 0.15) is 17.1 Å². The summed E-state index contributed by atoms with van der Waals surface area (Å²) < 4.78 is 30.1. The summed E-state index contributed by atoms with van der Waals surface area (Å²) in [7, 11) is -0.401. The van der Waals surface area contributed by atoms with Crippen molar-refractivity contribution in [3.63, 3.8) is 0 Å². The molecule has 174 valence electrons. The zero-order valence-electron chi connectivity index (χ0n) is 20.3. The largest absolute Gasteiger partial charge is 0.460 e. The number of hydrogen-bond donors (Lipinski definition) is 0. The fourth-order valence-electron chi connectivity index (χ4n) is 3.11. The van der Waals surface area contributed by atoms with E-state index in [0.717, 1.165) is 0 Å². The topological polar surface area (TPSA) is 78.9 Å². The standard InChI is InChI=1S/C24H37O6P/c1-21(2,3)28-19(25)16-15-18(20(26)29-22(4,5)6)24(31-27,30-23(7,8)9)17-13-11-10-12-14-17/h10-14,18H,15-16H2,1-9H3. The lowest BCUT2D eigenvalue weighted by molar-refractivity contribution is -0.178. The van der Waals surface area contributed by atoms with Crippen LogP contribution in [0.25, 0.3) is 0 Å². The van der Waals surface area contributed by atoms with E-state index in [4.69, 9.17) is 14.2 Å². The lowest BCUT2D eigenvalue weighted by Gasteiger charge is -2.40. The number of carbonyl (C=O) groups is 2. The van der Waals surface area contributed by atoms with E-state index >= 15 is 0 Å². The van der Waals surface area contributed by atoms with Crippen LogP contribution < -0.4 is 0 Å². The first kappa shape index (κ1) is 27.3. The Labute approximate surface area is 188 Å². The highest BCUT2D eigenvalue weighted by Crippen LogP contribution is 2.48. The number of rotatable bonds is 8. The summed E-state index contributed by atoms with van der Waals surface area (Å²) in [5, 5.41) is -1.52. The zero-order valence-corrected chi connectivity index (χ0v) is 21.2. The van der Waals surface area contributed by atoms with Crippen LogP contribution in [0.5, 0.6) is 0 Å². The van der Waals surface area contributed by atoms with Crippen molar-refractivity contribution in [1.29, 1.82) is 0 Å².